The molecule has 0 fully saturated rings. The van der Waals surface area contributed by atoms with Crippen molar-refractivity contribution in [2.75, 3.05) is 5.32 Å². The van der Waals surface area contributed by atoms with E-state index in [0.717, 1.165) is 12.2 Å². The average Bonchev–Trinajstić information content (AvgIpc) is 2.33. The van der Waals surface area contributed by atoms with Crippen LogP contribution in [-0.4, -0.2) is 0 Å². The minimum absolute atomic E-state index is 0.646. The minimum Gasteiger partial charge on any atom is -0.380 e. The highest BCUT2D eigenvalue weighted by molar-refractivity contribution is 6.36. The van der Waals surface area contributed by atoms with Gasteiger partial charge in [0.05, 0.1) is 10.7 Å². The number of benzene rings is 2. The van der Waals surface area contributed by atoms with Crippen LogP contribution in [0.1, 0.15) is 16.7 Å². The summed E-state index contributed by atoms with van der Waals surface area (Å²) in [7, 11) is 0. The molecule has 0 aliphatic rings. The second-order valence-corrected chi connectivity index (χ2v) is 5.18. The fraction of sp³-hybridized carbons (Fsp3) is 0.200. The topological polar surface area (TPSA) is 12.0 Å². The van der Waals surface area contributed by atoms with Crippen molar-refractivity contribution in [1.29, 1.82) is 0 Å². The summed E-state index contributed by atoms with van der Waals surface area (Å²) in [5.41, 5.74) is 4.80. The number of hydrogen-bond donors (Lipinski definition) is 1. The number of hydrogen-bond acceptors (Lipinski definition) is 1. The van der Waals surface area contributed by atoms with Gasteiger partial charge in [0.15, 0.2) is 0 Å². The van der Waals surface area contributed by atoms with E-state index in [1.54, 1.807) is 6.07 Å². The Morgan fingerprint density at radius 3 is 2.56 bits per heavy atom. The molecule has 0 saturated carbocycles. The SMILES string of the molecule is Cc1cccc(CNc2ccc(Cl)cc2Cl)c1C. The molecule has 0 radical (unpaired) electrons. The molecule has 0 atom stereocenters. The third kappa shape index (κ3) is 2.98. The maximum Gasteiger partial charge on any atom is 0.0652 e. The summed E-state index contributed by atoms with van der Waals surface area (Å²) >= 11 is 12.0. The van der Waals surface area contributed by atoms with Crippen molar-refractivity contribution in [3.05, 3.63) is 63.1 Å². The monoisotopic (exact) mass is 279 g/mol. The van der Waals surface area contributed by atoms with Crippen molar-refractivity contribution < 1.29 is 0 Å². The lowest BCUT2D eigenvalue weighted by Crippen LogP contribution is -2.02. The van der Waals surface area contributed by atoms with E-state index in [2.05, 4.69) is 37.4 Å². The van der Waals surface area contributed by atoms with Gasteiger partial charge in [-0.1, -0.05) is 41.4 Å². The zero-order valence-electron chi connectivity index (χ0n) is 10.4. The van der Waals surface area contributed by atoms with Gasteiger partial charge < -0.3 is 5.32 Å². The Morgan fingerprint density at radius 1 is 1.06 bits per heavy atom. The largest absolute Gasteiger partial charge is 0.380 e. The molecule has 18 heavy (non-hydrogen) atoms. The Hall–Kier alpha value is -1.18. The molecular weight excluding hydrogens is 265 g/mol. The highest BCUT2D eigenvalue weighted by Crippen LogP contribution is 2.26. The molecule has 0 spiro atoms. The molecule has 0 saturated heterocycles. The average molecular weight is 280 g/mol. The molecule has 3 heteroatoms. The van der Waals surface area contributed by atoms with Crippen LogP contribution in [0, 0.1) is 13.8 Å². The summed E-state index contributed by atoms with van der Waals surface area (Å²) < 4.78 is 0. The number of halogens is 2. The van der Waals surface area contributed by atoms with E-state index in [1.807, 2.05) is 12.1 Å². The van der Waals surface area contributed by atoms with Gasteiger partial charge in [-0.2, -0.15) is 0 Å². The fourth-order valence-corrected chi connectivity index (χ4v) is 2.30. The van der Waals surface area contributed by atoms with Gasteiger partial charge in [0.25, 0.3) is 0 Å². The molecule has 1 N–H and O–H groups in total. The Bertz CT molecular complexity index is 564. The molecule has 0 unspecified atom stereocenters. The zero-order valence-corrected chi connectivity index (χ0v) is 11.9. The molecule has 2 aromatic rings. The highest BCUT2D eigenvalue weighted by atomic mass is 35.5. The second-order valence-electron chi connectivity index (χ2n) is 4.34. The summed E-state index contributed by atoms with van der Waals surface area (Å²) in [6, 6.07) is 11.8. The molecule has 0 amide bonds. The van der Waals surface area contributed by atoms with Gasteiger partial charge in [-0.25, -0.2) is 0 Å². The summed E-state index contributed by atoms with van der Waals surface area (Å²) in [5, 5.41) is 4.63. The smallest absolute Gasteiger partial charge is 0.0652 e. The summed E-state index contributed by atoms with van der Waals surface area (Å²) in [4.78, 5) is 0. The summed E-state index contributed by atoms with van der Waals surface area (Å²) in [5.74, 6) is 0. The van der Waals surface area contributed by atoms with Gasteiger partial charge in [-0.15, -0.1) is 0 Å². The van der Waals surface area contributed by atoms with Crippen LogP contribution in [0.5, 0.6) is 0 Å². The van der Waals surface area contributed by atoms with Crippen molar-refractivity contribution in [3.8, 4) is 0 Å². The van der Waals surface area contributed by atoms with Crippen molar-refractivity contribution in [2.45, 2.75) is 20.4 Å². The van der Waals surface area contributed by atoms with Gasteiger partial charge in [0.1, 0.15) is 0 Å². The first-order chi connectivity index (χ1) is 8.58. The molecule has 0 bridgehead atoms. The number of anilines is 1. The fourth-order valence-electron chi connectivity index (χ4n) is 1.83. The van der Waals surface area contributed by atoms with Gasteiger partial charge in [-0.3, -0.25) is 0 Å². The van der Waals surface area contributed by atoms with E-state index in [1.165, 1.54) is 16.7 Å². The van der Waals surface area contributed by atoms with E-state index in [0.29, 0.717) is 10.0 Å². The predicted molar refractivity (Wildman–Crippen MR) is 79.7 cm³/mol. The maximum atomic E-state index is 6.12. The first-order valence-electron chi connectivity index (χ1n) is 5.82. The van der Waals surface area contributed by atoms with Crippen LogP contribution in [-0.2, 0) is 6.54 Å². The van der Waals surface area contributed by atoms with Crippen LogP contribution in [0.4, 0.5) is 5.69 Å². The van der Waals surface area contributed by atoms with Crippen LogP contribution in [0.3, 0.4) is 0 Å². The Balaban J connectivity index is 2.14. The van der Waals surface area contributed by atoms with Gasteiger partial charge in [0.2, 0.25) is 0 Å². The van der Waals surface area contributed by atoms with Crippen molar-refractivity contribution in [3.63, 3.8) is 0 Å². The molecular formula is C15H15Cl2N. The molecule has 2 aromatic carbocycles. The lowest BCUT2D eigenvalue weighted by Gasteiger charge is -2.12. The molecule has 2 rings (SSSR count). The molecule has 0 aliphatic heterocycles. The number of rotatable bonds is 3. The first-order valence-corrected chi connectivity index (χ1v) is 6.57. The molecule has 0 heterocycles. The Morgan fingerprint density at radius 2 is 1.83 bits per heavy atom. The molecule has 1 nitrogen and oxygen atoms in total. The van der Waals surface area contributed by atoms with Gasteiger partial charge >= 0.3 is 0 Å². The molecule has 94 valence electrons. The van der Waals surface area contributed by atoms with Crippen LogP contribution in [0.15, 0.2) is 36.4 Å². The van der Waals surface area contributed by atoms with Crippen molar-refractivity contribution >= 4 is 28.9 Å². The third-order valence-corrected chi connectivity index (χ3v) is 3.67. The molecule has 0 aliphatic carbocycles. The quantitative estimate of drug-likeness (QED) is 0.812. The van der Waals surface area contributed by atoms with Gasteiger partial charge in [-0.05, 0) is 48.7 Å². The Kier molecular flexibility index (Phi) is 4.15. The third-order valence-electron chi connectivity index (χ3n) is 3.12. The Labute approximate surface area is 118 Å². The standard InChI is InChI=1S/C15H15Cl2N/c1-10-4-3-5-12(11(10)2)9-18-15-7-6-13(16)8-14(15)17/h3-8,18H,9H2,1-2H3. The lowest BCUT2D eigenvalue weighted by atomic mass is 10.0. The van der Waals surface area contributed by atoms with Gasteiger partial charge in [0, 0.05) is 11.6 Å². The predicted octanol–water partition coefficient (Wildman–Crippen LogP) is 5.22. The van der Waals surface area contributed by atoms with Crippen molar-refractivity contribution in [2.24, 2.45) is 0 Å². The number of aryl methyl sites for hydroxylation is 1. The van der Waals surface area contributed by atoms with E-state index in [4.69, 9.17) is 23.2 Å². The van der Waals surface area contributed by atoms with E-state index in [-0.39, 0.29) is 0 Å². The van der Waals surface area contributed by atoms with Crippen LogP contribution in [0.25, 0.3) is 0 Å². The van der Waals surface area contributed by atoms with E-state index in [9.17, 15) is 0 Å². The van der Waals surface area contributed by atoms with E-state index >= 15 is 0 Å². The minimum atomic E-state index is 0.646. The summed E-state index contributed by atoms with van der Waals surface area (Å²) in [6.07, 6.45) is 0. The lowest BCUT2D eigenvalue weighted by molar-refractivity contribution is 1.10. The first kappa shape index (κ1) is 13.3. The maximum absolute atomic E-state index is 6.12. The number of nitrogens with one attached hydrogen (secondary N) is 1. The van der Waals surface area contributed by atoms with Crippen LogP contribution in [0.2, 0.25) is 10.0 Å². The normalized spacial score (nSPS) is 10.4. The van der Waals surface area contributed by atoms with E-state index < -0.39 is 0 Å². The second kappa shape index (κ2) is 5.64. The summed E-state index contributed by atoms with van der Waals surface area (Å²) in [6.45, 7) is 5.01. The van der Waals surface area contributed by atoms with Crippen LogP contribution >= 0.6 is 23.2 Å². The zero-order chi connectivity index (χ0) is 13.1. The molecule has 0 aromatic heterocycles. The van der Waals surface area contributed by atoms with Crippen molar-refractivity contribution in [1.82, 2.24) is 0 Å². The van der Waals surface area contributed by atoms with Crippen LogP contribution < -0.4 is 5.32 Å². The highest BCUT2D eigenvalue weighted by Gasteiger charge is 2.03.